The van der Waals surface area contributed by atoms with Crippen molar-refractivity contribution in [2.24, 2.45) is 11.1 Å². The van der Waals surface area contributed by atoms with Crippen molar-refractivity contribution in [1.82, 2.24) is 4.90 Å². The van der Waals surface area contributed by atoms with Gasteiger partial charge >= 0.3 is 0 Å². The SMILES string of the molecule is CC1(c2ccccc2)CC(/C(CN2C(=O)CCC2=O)=N/O)C1. The molecule has 2 fully saturated rings. The molecule has 116 valence electrons. The zero-order valence-corrected chi connectivity index (χ0v) is 12.7. The number of rotatable bonds is 4. The second-order valence-electron chi connectivity index (χ2n) is 6.50. The van der Waals surface area contributed by atoms with Crippen LogP contribution in [-0.4, -0.2) is 34.2 Å². The van der Waals surface area contributed by atoms with Crippen LogP contribution in [0.2, 0.25) is 0 Å². The molecule has 5 nitrogen and oxygen atoms in total. The molecule has 2 aliphatic rings. The fourth-order valence-corrected chi connectivity index (χ4v) is 3.54. The topological polar surface area (TPSA) is 70.0 Å². The Bertz CT molecular complexity index is 602. The molecule has 2 amide bonds. The van der Waals surface area contributed by atoms with Crippen molar-refractivity contribution < 1.29 is 14.8 Å². The molecule has 1 aromatic rings. The van der Waals surface area contributed by atoms with Gasteiger partial charge in [-0.1, -0.05) is 42.4 Å². The lowest BCUT2D eigenvalue weighted by Gasteiger charge is -2.46. The summed E-state index contributed by atoms with van der Waals surface area (Å²) >= 11 is 0. The van der Waals surface area contributed by atoms with Crippen molar-refractivity contribution in [2.45, 2.75) is 38.0 Å². The predicted molar refractivity (Wildman–Crippen MR) is 81.7 cm³/mol. The molecule has 1 saturated heterocycles. The second-order valence-corrected chi connectivity index (χ2v) is 6.50. The Labute approximate surface area is 129 Å². The van der Waals surface area contributed by atoms with Gasteiger partial charge in [-0.25, -0.2) is 0 Å². The highest BCUT2D eigenvalue weighted by Gasteiger charge is 2.45. The first-order chi connectivity index (χ1) is 10.5. The highest BCUT2D eigenvalue weighted by atomic mass is 16.4. The Morgan fingerprint density at radius 3 is 2.36 bits per heavy atom. The van der Waals surface area contributed by atoms with Gasteiger partial charge in [-0.15, -0.1) is 0 Å². The van der Waals surface area contributed by atoms with Gasteiger partial charge in [0.25, 0.3) is 0 Å². The smallest absolute Gasteiger partial charge is 0.230 e. The van der Waals surface area contributed by atoms with E-state index in [4.69, 9.17) is 0 Å². The molecule has 1 saturated carbocycles. The molecule has 1 aromatic carbocycles. The molecule has 0 bridgehead atoms. The quantitative estimate of drug-likeness (QED) is 0.401. The number of imide groups is 1. The van der Waals surface area contributed by atoms with Gasteiger partial charge in [0, 0.05) is 18.8 Å². The van der Waals surface area contributed by atoms with E-state index in [0.29, 0.717) is 5.71 Å². The van der Waals surface area contributed by atoms with Crippen LogP contribution in [0.1, 0.15) is 38.2 Å². The van der Waals surface area contributed by atoms with Crippen molar-refractivity contribution in [3.05, 3.63) is 35.9 Å². The lowest BCUT2D eigenvalue weighted by molar-refractivity contribution is -0.137. The van der Waals surface area contributed by atoms with E-state index in [1.807, 2.05) is 18.2 Å². The summed E-state index contributed by atoms with van der Waals surface area (Å²) in [4.78, 5) is 24.6. The fourth-order valence-electron chi connectivity index (χ4n) is 3.54. The van der Waals surface area contributed by atoms with Gasteiger partial charge in [0.05, 0.1) is 12.3 Å². The first kappa shape index (κ1) is 14.8. The third-order valence-electron chi connectivity index (χ3n) is 4.94. The Morgan fingerprint density at radius 2 is 1.82 bits per heavy atom. The molecular formula is C17H20N2O3. The maximum Gasteiger partial charge on any atom is 0.230 e. The normalized spacial score (nSPS) is 28.9. The van der Waals surface area contributed by atoms with Crippen LogP contribution in [0.5, 0.6) is 0 Å². The van der Waals surface area contributed by atoms with E-state index in [-0.39, 0.29) is 42.5 Å². The minimum Gasteiger partial charge on any atom is -0.411 e. The molecule has 3 rings (SSSR count). The van der Waals surface area contributed by atoms with Crippen molar-refractivity contribution in [1.29, 1.82) is 0 Å². The van der Waals surface area contributed by atoms with E-state index in [1.165, 1.54) is 10.5 Å². The molecule has 22 heavy (non-hydrogen) atoms. The van der Waals surface area contributed by atoms with E-state index in [2.05, 4.69) is 24.2 Å². The lowest BCUT2D eigenvalue weighted by Crippen LogP contribution is -2.46. The molecule has 0 spiro atoms. The summed E-state index contributed by atoms with van der Waals surface area (Å²) < 4.78 is 0. The Hall–Kier alpha value is -2.17. The summed E-state index contributed by atoms with van der Waals surface area (Å²) in [5, 5.41) is 12.6. The van der Waals surface area contributed by atoms with Crippen LogP contribution >= 0.6 is 0 Å². The molecule has 0 radical (unpaired) electrons. The van der Waals surface area contributed by atoms with E-state index in [9.17, 15) is 14.8 Å². The maximum absolute atomic E-state index is 11.7. The van der Waals surface area contributed by atoms with E-state index < -0.39 is 0 Å². The molecule has 1 N–H and O–H groups in total. The third-order valence-corrected chi connectivity index (χ3v) is 4.94. The summed E-state index contributed by atoms with van der Waals surface area (Å²) in [7, 11) is 0. The number of amides is 2. The van der Waals surface area contributed by atoms with Crippen molar-refractivity contribution >= 4 is 17.5 Å². The number of hydrogen-bond donors (Lipinski definition) is 1. The zero-order valence-electron chi connectivity index (χ0n) is 12.7. The Kier molecular flexibility index (Phi) is 3.72. The van der Waals surface area contributed by atoms with Crippen LogP contribution in [0.15, 0.2) is 35.5 Å². The minimum atomic E-state index is -0.170. The van der Waals surface area contributed by atoms with E-state index in [0.717, 1.165) is 12.8 Å². The number of nitrogens with zero attached hydrogens (tertiary/aromatic N) is 2. The Balaban J connectivity index is 1.66. The number of oxime groups is 1. The summed E-state index contributed by atoms with van der Waals surface area (Å²) in [6.07, 6.45) is 2.27. The second kappa shape index (κ2) is 5.55. The van der Waals surface area contributed by atoms with Gasteiger partial charge in [0.1, 0.15) is 0 Å². The first-order valence-corrected chi connectivity index (χ1v) is 7.63. The monoisotopic (exact) mass is 300 g/mol. The summed E-state index contributed by atoms with van der Waals surface area (Å²) in [6, 6.07) is 10.3. The van der Waals surface area contributed by atoms with Gasteiger partial charge in [-0.05, 0) is 23.8 Å². The summed E-state index contributed by atoms with van der Waals surface area (Å²) in [5.41, 5.74) is 1.88. The third kappa shape index (κ3) is 2.51. The van der Waals surface area contributed by atoms with Crippen LogP contribution < -0.4 is 0 Å². The number of carbonyl (C=O) groups excluding carboxylic acids is 2. The van der Waals surface area contributed by atoms with Crippen LogP contribution in [0.25, 0.3) is 0 Å². The standard InChI is InChI=1S/C17H20N2O3/c1-17(13-5-3-2-4-6-13)9-12(10-17)14(18-22)11-19-15(20)7-8-16(19)21/h2-6,12,22H,7-11H2,1H3/b18-14+. The van der Waals surface area contributed by atoms with Gasteiger partial charge in [-0.3, -0.25) is 14.5 Å². The summed E-state index contributed by atoms with van der Waals surface area (Å²) in [5.74, 6) is -0.219. The molecule has 5 heteroatoms. The molecular weight excluding hydrogens is 280 g/mol. The molecule has 1 aliphatic heterocycles. The zero-order chi connectivity index (χ0) is 15.7. The lowest BCUT2D eigenvalue weighted by atomic mass is 9.58. The van der Waals surface area contributed by atoms with Gasteiger partial charge < -0.3 is 5.21 Å². The van der Waals surface area contributed by atoms with Crippen LogP contribution in [-0.2, 0) is 15.0 Å². The van der Waals surface area contributed by atoms with Crippen molar-refractivity contribution in [2.75, 3.05) is 6.54 Å². The van der Waals surface area contributed by atoms with Crippen LogP contribution in [0.4, 0.5) is 0 Å². The first-order valence-electron chi connectivity index (χ1n) is 7.63. The summed E-state index contributed by atoms with van der Waals surface area (Å²) in [6.45, 7) is 2.32. The van der Waals surface area contributed by atoms with Gasteiger partial charge in [0.15, 0.2) is 0 Å². The highest BCUT2D eigenvalue weighted by Crippen LogP contribution is 2.48. The molecule has 0 aromatic heterocycles. The van der Waals surface area contributed by atoms with Crippen LogP contribution in [0, 0.1) is 5.92 Å². The fraction of sp³-hybridized carbons (Fsp3) is 0.471. The van der Waals surface area contributed by atoms with E-state index >= 15 is 0 Å². The molecule has 0 atom stereocenters. The van der Waals surface area contributed by atoms with Crippen LogP contribution in [0.3, 0.4) is 0 Å². The van der Waals surface area contributed by atoms with Gasteiger partial charge in [0.2, 0.25) is 11.8 Å². The average molecular weight is 300 g/mol. The number of carbonyl (C=O) groups is 2. The molecule has 0 unspecified atom stereocenters. The molecule has 1 aliphatic carbocycles. The Morgan fingerprint density at radius 1 is 1.23 bits per heavy atom. The highest BCUT2D eigenvalue weighted by molar-refractivity contribution is 6.05. The minimum absolute atomic E-state index is 0.0703. The van der Waals surface area contributed by atoms with Crippen molar-refractivity contribution in [3.8, 4) is 0 Å². The average Bonchev–Trinajstić information content (AvgIpc) is 2.82. The number of benzene rings is 1. The number of hydrogen-bond acceptors (Lipinski definition) is 4. The van der Waals surface area contributed by atoms with E-state index in [1.54, 1.807) is 0 Å². The molecule has 1 heterocycles. The largest absolute Gasteiger partial charge is 0.411 e. The predicted octanol–water partition coefficient (Wildman–Crippen LogP) is 2.33. The van der Waals surface area contributed by atoms with Gasteiger partial charge in [-0.2, -0.15) is 0 Å². The maximum atomic E-state index is 11.7. The number of likely N-dealkylation sites (tertiary alicyclic amines) is 1. The van der Waals surface area contributed by atoms with Crippen molar-refractivity contribution in [3.63, 3.8) is 0 Å².